The van der Waals surface area contributed by atoms with E-state index in [1.165, 1.54) is 24.3 Å². The highest BCUT2D eigenvalue weighted by Crippen LogP contribution is 2.28. The predicted octanol–water partition coefficient (Wildman–Crippen LogP) is 1.54. The molecule has 0 amide bonds. The third-order valence-electron chi connectivity index (χ3n) is 2.34. The summed E-state index contributed by atoms with van der Waals surface area (Å²) in [6.45, 7) is 0. The molecule has 0 atom stereocenters. The Bertz CT molecular complexity index is 690. The lowest BCUT2D eigenvalue weighted by atomic mass is 10.3. The molecular weight excluding hydrogens is 283 g/mol. The Morgan fingerprint density at radius 2 is 1.74 bits per heavy atom. The molecule has 0 saturated heterocycles. The van der Waals surface area contributed by atoms with Gasteiger partial charge in [-0.2, -0.15) is 13.2 Å². The Morgan fingerprint density at radius 1 is 1.16 bits per heavy atom. The van der Waals surface area contributed by atoms with Crippen molar-refractivity contribution >= 4 is 10.0 Å². The summed E-state index contributed by atoms with van der Waals surface area (Å²) in [6.07, 6.45) is -2.72. The lowest BCUT2D eigenvalue weighted by molar-refractivity contribution is -0.140. The van der Waals surface area contributed by atoms with Crippen LogP contribution in [0.25, 0.3) is 5.69 Å². The van der Waals surface area contributed by atoms with Crippen molar-refractivity contribution in [2.24, 2.45) is 5.14 Å². The predicted molar refractivity (Wildman–Crippen MR) is 59.9 cm³/mol. The van der Waals surface area contributed by atoms with E-state index in [0.717, 1.165) is 17.1 Å². The molecule has 0 bridgehead atoms. The largest absolute Gasteiger partial charge is 0.434 e. The van der Waals surface area contributed by atoms with Crippen LogP contribution in [0.2, 0.25) is 0 Å². The van der Waals surface area contributed by atoms with Gasteiger partial charge in [0.15, 0.2) is 5.69 Å². The van der Waals surface area contributed by atoms with Crippen molar-refractivity contribution in [3.63, 3.8) is 0 Å². The Balaban J connectivity index is 2.36. The van der Waals surface area contributed by atoms with Crippen LogP contribution < -0.4 is 5.14 Å². The van der Waals surface area contributed by atoms with E-state index in [-0.39, 0.29) is 4.90 Å². The van der Waals surface area contributed by atoms with Crippen LogP contribution in [-0.2, 0) is 16.2 Å². The van der Waals surface area contributed by atoms with Gasteiger partial charge in [0.2, 0.25) is 10.0 Å². The molecule has 0 unspecified atom stereocenters. The molecular formula is C10H8F3N3O2S. The molecule has 1 aromatic heterocycles. The maximum Gasteiger partial charge on any atom is 0.434 e. The summed E-state index contributed by atoms with van der Waals surface area (Å²) in [5.41, 5.74) is -0.682. The maximum absolute atomic E-state index is 12.4. The molecule has 2 aromatic rings. The first-order valence-electron chi connectivity index (χ1n) is 4.92. The molecule has 2 rings (SSSR count). The zero-order valence-electron chi connectivity index (χ0n) is 9.29. The number of rotatable bonds is 2. The van der Waals surface area contributed by atoms with Crippen molar-refractivity contribution in [2.75, 3.05) is 0 Å². The van der Waals surface area contributed by atoms with Gasteiger partial charge in [0.05, 0.1) is 11.2 Å². The summed E-state index contributed by atoms with van der Waals surface area (Å²) in [5.74, 6) is 0. The molecule has 1 heterocycles. The first-order chi connectivity index (χ1) is 8.68. The first-order valence-corrected chi connectivity index (χ1v) is 6.47. The van der Waals surface area contributed by atoms with E-state index in [1.807, 2.05) is 0 Å². The lowest BCUT2D eigenvalue weighted by Gasteiger charge is -2.03. The number of aromatic nitrogens is 2. The minimum absolute atomic E-state index is 0.118. The SMILES string of the molecule is NS(=O)(=O)c1ccc(-n2cnc(C(F)(F)F)c2)cc1. The van der Waals surface area contributed by atoms with Gasteiger partial charge in [0.25, 0.3) is 0 Å². The molecule has 0 aliphatic rings. The fourth-order valence-electron chi connectivity index (χ4n) is 1.42. The minimum atomic E-state index is -4.52. The second-order valence-electron chi connectivity index (χ2n) is 3.70. The average molecular weight is 291 g/mol. The van der Waals surface area contributed by atoms with E-state index in [1.54, 1.807) is 0 Å². The summed E-state index contributed by atoms with van der Waals surface area (Å²) >= 11 is 0. The highest BCUT2D eigenvalue weighted by atomic mass is 32.2. The van der Waals surface area contributed by atoms with Crippen LogP contribution >= 0.6 is 0 Å². The van der Waals surface area contributed by atoms with Gasteiger partial charge in [-0.3, -0.25) is 0 Å². The summed E-state index contributed by atoms with van der Waals surface area (Å²) in [6, 6.07) is 5.08. The minimum Gasteiger partial charge on any atom is -0.306 e. The summed E-state index contributed by atoms with van der Waals surface area (Å²) in [7, 11) is -3.82. The Morgan fingerprint density at radius 3 is 2.16 bits per heavy atom. The monoisotopic (exact) mass is 291 g/mol. The molecule has 0 fully saturated rings. The molecule has 5 nitrogen and oxygen atoms in total. The Kier molecular flexibility index (Phi) is 3.11. The molecule has 0 spiro atoms. The Hall–Kier alpha value is -1.87. The fourth-order valence-corrected chi connectivity index (χ4v) is 1.93. The molecule has 0 aliphatic heterocycles. The normalized spacial score (nSPS) is 12.6. The number of hydrogen-bond donors (Lipinski definition) is 1. The molecule has 0 saturated carbocycles. The van der Waals surface area contributed by atoms with Gasteiger partial charge in [-0.25, -0.2) is 18.5 Å². The van der Waals surface area contributed by atoms with Gasteiger partial charge in [0.1, 0.15) is 0 Å². The third kappa shape index (κ3) is 2.93. The smallest absolute Gasteiger partial charge is 0.306 e. The van der Waals surface area contributed by atoms with Gasteiger partial charge < -0.3 is 4.57 Å². The first kappa shape index (κ1) is 13.6. The molecule has 1 aromatic carbocycles. The number of nitrogens with two attached hydrogens (primary N) is 1. The number of nitrogens with zero attached hydrogens (tertiary/aromatic N) is 2. The lowest BCUT2D eigenvalue weighted by Crippen LogP contribution is -2.11. The van der Waals surface area contributed by atoms with E-state index in [2.05, 4.69) is 4.98 Å². The van der Waals surface area contributed by atoms with Crippen molar-refractivity contribution in [3.05, 3.63) is 42.5 Å². The van der Waals surface area contributed by atoms with Gasteiger partial charge >= 0.3 is 6.18 Å². The summed E-state index contributed by atoms with van der Waals surface area (Å²) < 4.78 is 60.3. The molecule has 19 heavy (non-hydrogen) atoms. The number of halogens is 3. The van der Waals surface area contributed by atoms with Crippen molar-refractivity contribution < 1.29 is 21.6 Å². The van der Waals surface area contributed by atoms with E-state index in [4.69, 9.17) is 5.14 Å². The van der Waals surface area contributed by atoms with Gasteiger partial charge in [-0.15, -0.1) is 0 Å². The van der Waals surface area contributed by atoms with E-state index in [9.17, 15) is 21.6 Å². The van der Waals surface area contributed by atoms with Crippen LogP contribution in [0, 0.1) is 0 Å². The maximum atomic E-state index is 12.4. The molecule has 9 heteroatoms. The molecule has 0 aliphatic carbocycles. The zero-order chi connectivity index (χ0) is 14.3. The van der Waals surface area contributed by atoms with E-state index >= 15 is 0 Å². The highest BCUT2D eigenvalue weighted by Gasteiger charge is 2.33. The van der Waals surface area contributed by atoms with Crippen LogP contribution in [0.5, 0.6) is 0 Å². The third-order valence-corrected chi connectivity index (χ3v) is 3.27. The Labute approximate surface area is 106 Å². The quantitative estimate of drug-likeness (QED) is 0.911. The van der Waals surface area contributed by atoms with Gasteiger partial charge in [-0.1, -0.05) is 0 Å². The number of sulfonamides is 1. The second kappa shape index (κ2) is 4.35. The topological polar surface area (TPSA) is 78.0 Å². The van der Waals surface area contributed by atoms with Crippen molar-refractivity contribution in [1.29, 1.82) is 0 Å². The fraction of sp³-hybridized carbons (Fsp3) is 0.100. The zero-order valence-corrected chi connectivity index (χ0v) is 10.1. The van der Waals surface area contributed by atoms with E-state index in [0.29, 0.717) is 5.69 Å². The van der Waals surface area contributed by atoms with Crippen molar-refractivity contribution in [1.82, 2.24) is 9.55 Å². The number of imidazole rings is 1. The molecule has 2 N–H and O–H groups in total. The summed E-state index contributed by atoms with van der Waals surface area (Å²) in [5, 5.41) is 4.91. The summed E-state index contributed by atoms with van der Waals surface area (Å²) in [4.78, 5) is 3.11. The number of hydrogen-bond acceptors (Lipinski definition) is 3. The van der Waals surface area contributed by atoms with Crippen LogP contribution in [-0.4, -0.2) is 18.0 Å². The number of alkyl halides is 3. The average Bonchev–Trinajstić information content (AvgIpc) is 2.77. The number of primary sulfonamides is 1. The standard InChI is InChI=1S/C10H8F3N3O2S/c11-10(12,13)9-5-16(6-15-9)7-1-3-8(4-2-7)19(14,17)18/h1-6H,(H2,14,17,18). The van der Waals surface area contributed by atoms with Crippen LogP contribution in [0.4, 0.5) is 13.2 Å². The van der Waals surface area contributed by atoms with Crippen LogP contribution in [0.3, 0.4) is 0 Å². The molecule has 0 radical (unpaired) electrons. The second-order valence-corrected chi connectivity index (χ2v) is 5.26. The van der Waals surface area contributed by atoms with Crippen molar-refractivity contribution in [3.8, 4) is 5.69 Å². The van der Waals surface area contributed by atoms with Crippen LogP contribution in [0.1, 0.15) is 5.69 Å². The molecule has 102 valence electrons. The van der Waals surface area contributed by atoms with E-state index < -0.39 is 21.9 Å². The van der Waals surface area contributed by atoms with Crippen LogP contribution in [0.15, 0.2) is 41.7 Å². The van der Waals surface area contributed by atoms with Gasteiger partial charge in [0, 0.05) is 11.9 Å². The highest BCUT2D eigenvalue weighted by molar-refractivity contribution is 7.89. The van der Waals surface area contributed by atoms with Crippen molar-refractivity contribution in [2.45, 2.75) is 11.1 Å². The number of benzene rings is 1. The van der Waals surface area contributed by atoms with Gasteiger partial charge in [-0.05, 0) is 24.3 Å².